The molecular weight excluding hydrogens is 236 g/mol. The maximum absolute atomic E-state index is 5.44. The maximum Gasteiger partial charge on any atom is 0.123 e. The van der Waals surface area contributed by atoms with Crippen molar-refractivity contribution < 1.29 is 4.74 Å². The first-order valence-electron chi connectivity index (χ1n) is 7.21. The van der Waals surface area contributed by atoms with Gasteiger partial charge in [-0.05, 0) is 43.5 Å². The van der Waals surface area contributed by atoms with Gasteiger partial charge in [0.2, 0.25) is 0 Å². The van der Waals surface area contributed by atoms with Crippen LogP contribution in [-0.2, 0) is 6.42 Å². The molecule has 2 aliphatic rings. The quantitative estimate of drug-likeness (QED) is 0.848. The number of nitrogens with one attached hydrogen (secondary N) is 1. The molecule has 2 aliphatic heterocycles. The first kappa shape index (κ1) is 11.4. The van der Waals surface area contributed by atoms with Crippen molar-refractivity contribution in [2.24, 2.45) is 0 Å². The predicted octanol–water partition coefficient (Wildman–Crippen LogP) is 3.18. The fraction of sp³-hybridized carbons (Fsp3) is 0.500. The summed E-state index contributed by atoms with van der Waals surface area (Å²) in [6.45, 7) is 4.61. The van der Waals surface area contributed by atoms with Gasteiger partial charge in [0.15, 0.2) is 0 Å². The number of hydrogen-bond acceptors (Lipinski definition) is 2. The van der Waals surface area contributed by atoms with Crippen LogP contribution in [0.5, 0.6) is 5.75 Å². The maximum atomic E-state index is 5.44. The molecule has 0 amide bonds. The molecule has 2 aromatic rings. The molecule has 1 aromatic heterocycles. The van der Waals surface area contributed by atoms with Crippen LogP contribution in [0, 0.1) is 6.92 Å². The molecule has 0 aliphatic carbocycles. The number of rotatable bonds is 1. The lowest BCUT2D eigenvalue weighted by atomic mass is 9.95. The molecule has 1 N–H and O–H groups in total. The Balaban J connectivity index is 1.95. The average molecular weight is 256 g/mol. The van der Waals surface area contributed by atoms with E-state index in [1.807, 2.05) is 0 Å². The Bertz CT molecular complexity index is 644. The summed E-state index contributed by atoms with van der Waals surface area (Å²) >= 11 is 0. The first-order chi connectivity index (χ1) is 9.28. The third kappa shape index (κ3) is 1.54. The van der Waals surface area contributed by atoms with Gasteiger partial charge in [0.05, 0.1) is 7.11 Å². The van der Waals surface area contributed by atoms with E-state index in [9.17, 15) is 0 Å². The van der Waals surface area contributed by atoms with Crippen LogP contribution in [0.4, 0.5) is 0 Å². The van der Waals surface area contributed by atoms with Gasteiger partial charge in [0.1, 0.15) is 5.75 Å². The zero-order valence-electron chi connectivity index (χ0n) is 11.6. The summed E-state index contributed by atoms with van der Waals surface area (Å²) in [6.07, 6.45) is 3.80. The van der Waals surface area contributed by atoms with E-state index in [1.54, 1.807) is 12.7 Å². The molecule has 4 rings (SSSR count). The van der Waals surface area contributed by atoms with Gasteiger partial charge in [-0.1, -0.05) is 0 Å². The topological polar surface area (TPSA) is 28.3 Å². The molecule has 3 heterocycles. The van der Waals surface area contributed by atoms with E-state index < -0.39 is 0 Å². The van der Waals surface area contributed by atoms with Crippen LogP contribution in [-0.4, -0.2) is 30.1 Å². The van der Waals surface area contributed by atoms with E-state index in [-0.39, 0.29) is 0 Å². The number of aromatic amines is 1. The van der Waals surface area contributed by atoms with E-state index in [4.69, 9.17) is 4.74 Å². The number of nitrogens with zero attached hydrogens (tertiary/aromatic N) is 1. The van der Waals surface area contributed by atoms with E-state index in [0.717, 1.165) is 12.2 Å². The summed E-state index contributed by atoms with van der Waals surface area (Å²) in [6, 6.07) is 5.10. The second-order valence-electron chi connectivity index (χ2n) is 5.83. The van der Waals surface area contributed by atoms with Crippen molar-refractivity contribution >= 4 is 10.9 Å². The molecule has 0 spiro atoms. The van der Waals surface area contributed by atoms with Crippen molar-refractivity contribution in [2.75, 3.05) is 20.2 Å². The highest BCUT2D eigenvalue weighted by Gasteiger charge is 2.33. The molecular formula is C16H20N2O. The van der Waals surface area contributed by atoms with Crippen molar-refractivity contribution in [2.45, 2.75) is 32.2 Å². The number of aromatic nitrogens is 1. The average Bonchev–Trinajstić information content (AvgIpc) is 3.00. The summed E-state index contributed by atoms with van der Waals surface area (Å²) in [4.78, 5) is 6.27. The Morgan fingerprint density at radius 1 is 1.32 bits per heavy atom. The van der Waals surface area contributed by atoms with Crippen LogP contribution in [0.2, 0.25) is 0 Å². The smallest absolute Gasteiger partial charge is 0.123 e. The second-order valence-corrected chi connectivity index (χ2v) is 5.83. The van der Waals surface area contributed by atoms with Crippen molar-refractivity contribution in [1.29, 1.82) is 0 Å². The number of fused-ring (bicyclic) bond motifs is 5. The summed E-state index contributed by atoms with van der Waals surface area (Å²) in [5.41, 5.74) is 5.48. The number of aryl methyl sites for hydroxylation is 1. The molecule has 0 radical (unpaired) electrons. The molecule has 1 saturated heterocycles. The van der Waals surface area contributed by atoms with E-state index >= 15 is 0 Å². The molecule has 1 fully saturated rings. The summed E-state index contributed by atoms with van der Waals surface area (Å²) < 4.78 is 5.44. The highest BCUT2D eigenvalue weighted by Crippen LogP contribution is 2.42. The summed E-state index contributed by atoms with van der Waals surface area (Å²) in [5, 5.41) is 1.41. The van der Waals surface area contributed by atoms with Crippen LogP contribution >= 0.6 is 0 Å². The molecule has 3 nitrogen and oxygen atoms in total. The zero-order chi connectivity index (χ0) is 13.0. The first-order valence-corrected chi connectivity index (χ1v) is 7.21. The second kappa shape index (κ2) is 4.01. The molecule has 100 valence electrons. The van der Waals surface area contributed by atoms with Crippen molar-refractivity contribution in [3.05, 3.63) is 29.0 Å². The highest BCUT2D eigenvalue weighted by molar-refractivity contribution is 5.87. The zero-order valence-corrected chi connectivity index (χ0v) is 11.6. The van der Waals surface area contributed by atoms with Gasteiger partial charge in [-0.3, -0.25) is 4.90 Å². The monoisotopic (exact) mass is 256 g/mol. The minimum absolute atomic E-state index is 0.644. The predicted molar refractivity (Wildman–Crippen MR) is 76.8 cm³/mol. The standard InChI is InChI=1S/C16H20N2O/c1-10-8-11-13(9-15(10)19-2)17-12-5-7-18-6-3-4-14(18)16(11)12/h8-9,14,17H,3-7H2,1-2H3/t14-/m1/s1. The fourth-order valence-corrected chi connectivity index (χ4v) is 3.88. The minimum atomic E-state index is 0.644. The molecule has 19 heavy (non-hydrogen) atoms. The normalized spacial score (nSPS) is 22.5. The SMILES string of the molecule is COc1cc2[nH]c3c(c2cc1C)[C@H]1CCCN1CC3. The van der Waals surface area contributed by atoms with Gasteiger partial charge in [0, 0.05) is 41.7 Å². The molecule has 3 heteroatoms. The molecule has 0 unspecified atom stereocenters. The number of H-pyrrole nitrogens is 1. The highest BCUT2D eigenvalue weighted by atomic mass is 16.5. The van der Waals surface area contributed by atoms with Gasteiger partial charge in [0.25, 0.3) is 0 Å². The van der Waals surface area contributed by atoms with Gasteiger partial charge in [-0.2, -0.15) is 0 Å². The molecule has 1 atom stereocenters. The number of hydrogen-bond donors (Lipinski definition) is 1. The Labute approximate surface area is 113 Å². The van der Waals surface area contributed by atoms with E-state index in [0.29, 0.717) is 6.04 Å². The Hall–Kier alpha value is -1.48. The Kier molecular flexibility index (Phi) is 2.39. The fourth-order valence-electron chi connectivity index (χ4n) is 3.88. The lowest BCUT2D eigenvalue weighted by Gasteiger charge is -2.30. The van der Waals surface area contributed by atoms with Gasteiger partial charge in [-0.15, -0.1) is 0 Å². The Morgan fingerprint density at radius 2 is 2.21 bits per heavy atom. The van der Waals surface area contributed by atoms with Crippen LogP contribution < -0.4 is 4.74 Å². The van der Waals surface area contributed by atoms with Crippen LogP contribution in [0.15, 0.2) is 12.1 Å². The van der Waals surface area contributed by atoms with Crippen molar-refractivity contribution in [3.63, 3.8) is 0 Å². The molecule has 0 saturated carbocycles. The van der Waals surface area contributed by atoms with E-state index in [2.05, 4.69) is 28.9 Å². The minimum Gasteiger partial charge on any atom is -0.496 e. The van der Waals surface area contributed by atoms with Gasteiger partial charge < -0.3 is 9.72 Å². The largest absolute Gasteiger partial charge is 0.496 e. The number of ether oxygens (including phenoxy) is 1. The lowest BCUT2D eigenvalue weighted by Crippen LogP contribution is -2.30. The third-order valence-corrected chi connectivity index (χ3v) is 4.78. The van der Waals surface area contributed by atoms with Crippen LogP contribution in [0.25, 0.3) is 10.9 Å². The van der Waals surface area contributed by atoms with E-state index in [1.165, 1.54) is 48.1 Å². The lowest BCUT2D eigenvalue weighted by molar-refractivity contribution is 0.244. The third-order valence-electron chi connectivity index (χ3n) is 4.78. The van der Waals surface area contributed by atoms with Gasteiger partial charge >= 0.3 is 0 Å². The van der Waals surface area contributed by atoms with Crippen molar-refractivity contribution in [3.8, 4) is 5.75 Å². The number of benzene rings is 1. The van der Waals surface area contributed by atoms with Gasteiger partial charge in [-0.25, -0.2) is 0 Å². The van der Waals surface area contributed by atoms with Crippen LogP contribution in [0.3, 0.4) is 0 Å². The van der Waals surface area contributed by atoms with Crippen LogP contribution in [0.1, 0.15) is 35.7 Å². The number of methoxy groups -OCH3 is 1. The summed E-state index contributed by atoms with van der Waals surface area (Å²) in [5.74, 6) is 0.981. The molecule has 1 aromatic carbocycles. The summed E-state index contributed by atoms with van der Waals surface area (Å²) in [7, 11) is 1.75. The van der Waals surface area contributed by atoms with Crippen molar-refractivity contribution in [1.82, 2.24) is 9.88 Å². The molecule has 0 bridgehead atoms. The Morgan fingerprint density at radius 3 is 3.05 bits per heavy atom.